The third-order valence-corrected chi connectivity index (χ3v) is 3.90. The Morgan fingerprint density at radius 1 is 1.59 bits per heavy atom. The minimum Gasteiger partial charge on any atom is -0.465 e. The van der Waals surface area contributed by atoms with Gasteiger partial charge in [0.2, 0.25) is 0 Å². The number of nitrogens with one attached hydrogen (secondary N) is 1. The Balaban J connectivity index is 2.08. The molecule has 0 radical (unpaired) electrons. The van der Waals surface area contributed by atoms with Crippen LogP contribution in [0.5, 0.6) is 0 Å². The normalized spacial score (nSPS) is 17.9. The first-order valence-corrected chi connectivity index (χ1v) is 6.98. The number of carbonyl (C=O) groups excluding carboxylic acids is 1. The lowest BCUT2D eigenvalue weighted by molar-refractivity contribution is -0.145. The molecule has 1 aliphatic carbocycles. The van der Waals surface area contributed by atoms with Gasteiger partial charge in [0.05, 0.1) is 12.3 Å². The second-order valence-corrected chi connectivity index (χ2v) is 5.18. The molecule has 2 rings (SSSR count). The molecule has 1 unspecified atom stereocenters. The highest BCUT2D eigenvalue weighted by molar-refractivity contribution is 7.15. The summed E-state index contributed by atoms with van der Waals surface area (Å²) in [5, 5.41) is 4.21. The molecule has 0 aliphatic heterocycles. The highest BCUT2D eigenvalue weighted by atomic mass is 32.1. The van der Waals surface area contributed by atoms with Crippen molar-refractivity contribution in [3.8, 4) is 0 Å². The van der Waals surface area contributed by atoms with Gasteiger partial charge in [-0.05, 0) is 26.2 Å². The van der Waals surface area contributed by atoms with E-state index in [1.54, 1.807) is 11.3 Å². The van der Waals surface area contributed by atoms with Crippen LogP contribution >= 0.6 is 11.3 Å². The molecule has 1 atom stereocenters. The molecule has 0 aromatic carbocycles. The molecule has 0 saturated heterocycles. The third kappa shape index (κ3) is 2.60. The quantitative estimate of drug-likeness (QED) is 0.820. The fourth-order valence-corrected chi connectivity index (χ4v) is 3.07. The number of aromatic nitrogens is 1. The number of hydrogen-bond donors (Lipinski definition) is 1. The maximum atomic E-state index is 11.8. The number of nitrogens with zero attached hydrogens (tertiary/aromatic N) is 1. The average molecular weight is 254 g/mol. The van der Waals surface area contributed by atoms with Gasteiger partial charge in [-0.3, -0.25) is 4.79 Å². The van der Waals surface area contributed by atoms with Crippen molar-refractivity contribution in [2.45, 2.75) is 39.0 Å². The Hall–Kier alpha value is -1.10. The molecule has 0 bridgehead atoms. The first-order valence-electron chi connectivity index (χ1n) is 6.16. The molecule has 0 spiro atoms. The van der Waals surface area contributed by atoms with Crippen LogP contribution in [-0.4, -0.2) is 24.1 Å². The van der Waals surface area contributed by atoms with Crippen LogP contribution in [-0.2, 0) is 16.0 Å². The summed E-state index contributed by atoms with van der Waals surface area (Å²) in [5.41, 5.74) is 0.937. The molecule has 94 valence electrons. The zero-order valence-corrected chi connectivity index (χ0v) is 11.1. The predicted molar refractivity (Wildman–Crippen MR) is 68.6 cm³/mol. The zero-order valence-electron chi connectivity index (χ0n) is 10.3. The Morgan fingerprint density at radius 2 is 2.41 bits per heavy atom. The van der Waals surface area contributed by atoms with Gasteiger partial charge < -0.3 is 10.1 Å². The van der Waals surface area contributed by atoms with Crippen LogP contribution in [0.1, 0.15) is 43.2 Å². The molecule has 4 nitrogen and oxygen atoms in total. The number of rotatable bonds is 5. The Kier molecular flexibility index (Phi) is 3.99. The van der Waals surface area contributed by atoms with Gasteiger partial charge in [0, 0.05) is 11.4 Å². The van der Waals surface area contributed by atoms with Crippen LogP contribution in [0.25, 0.3) is 0 Å². The number of ether oxygens (including phenoxy) is 1. The van der Waals surface area contributed by atoms with Crippen molar-refractivity contribution < 1.29 is 9.53 Å². The summed E-state index contributed by atoms with van der Waals surface area (Å²) in [6, 6.07) is 0. The van der Waals surface area contributed by atoms with E-state index in [9.17, 15) is 4.79 Å². The van der Waals surface area contributed by atoms with Crippen LogP contribution in [0, 0.1) is 0 Å². The lowest BCUT2D eigenvalue weighted by atomic mass is 10.1. The highest BCUT2D eigenvalue weighted by Gasteiger charge is 2.33. The predicted octanol–water partition coefficient (Wildman–Crippen LogP) is 2.56. The summed E-state index contributed by atoms with van der Waals surface area (Å²) < 4.78 is 5.08. The van der Waals surface area contributed by atoms with E-state index in [0.29, 0.717) is 6.61 Å². The van der Waals surface area contributed by atoms with Gasteiger partial charge in [0.1, 0.15) is 5.92 Å². The van der Waals surface area contributed by atoms with Gasteiger partial charge in [-0.15, -0.1) is 11.3 Å². The molecule has 1 aromatic rings. The van der Waals surface area contributed by atoms with E-state index in [1.807, 2.05) is 6.92 Å². The number of esters is 1. The smallest absolute Gasteiger partial charge is 0.315 e. The minimum absolute atomic E-state index is 0.126. The summed E-state index contributed by atoms with van der Waals surface area (Å²) >= 11 is 1.67. The summed E-state index contributed by atoms with van der Waals surface area (Å²) in [6.45, 7) is 5.32. The molecular formula is C12H18N2O2S. The number of aryl methyl sites for hydroxylation is 1. The van der Waals surface area contributed by atoms with Gasteiger partial charge in [-0.25, -0.2) is 4.98 Å². The number of fused-ring (bicyclic) bond motifs is 1. The number of anilines is 1. The third-order valence-electron chi connectivity index (χ3n) is 2.82. The lowest BCUT2D eigenvalue weighted by Gasteiger charge is -2.07. The van der Waals surface area contributed by atoms with Crippen molar-refractivity contribution in [3.05, 3.63) is 10.6 Å². The number of thiazole rings is 1. The molecule has 1 aliphatic rings. The van der Waals surface area contributed by atoms with Crippen molar-refractivity contribution in [3.63, 3.8) is 0 Å². The number of carbonyl (C=O) groups is 1. The Bertz CT molecular complexity index is 403. The van der Waals surface area contributed by atoms with E-state index in [2.05, 4.69) is 17.2 Å². The van der Waals surface area contributed by atoms with Gasteiger partial charge in [0.25, 0.3) is 0 Å². The largest absolute Gasteiger partial charge is 0.465 e. The van der Waals surface area contributed by atoms with Crippen molar-refractivity contribution in [1.29, 1.82) is 0 Å². The van der Waals surface area contributed by atoms with Crippen LogP contribution in [0.4, 0.5) is 5.13 Å². The average Bonchev–Trinajstić information content (AvgIpc) is 2.85. The van der Waals surface area contributed by atoms with Crippen LogP contribution in [0.3, 0.4) is 0 Å². The molecule has 1 N–H and O–H groups in total. The molecule has 0 amide bonds. The van der Waals surface area contributed by atoms with Crippen molar-refractivity contribution in [2.75, 3.05) is 18.5 Å². The second-order valence-electron chi connectivity index (χ2n) is 4.10. The topological polar surface area (TPSA) is 51.2 Å². The van der Waals surface area contributed by atoms with Crippen molar-refractivity contribution in [1.82, 2.24) is 4.98 Å². The minimum atomic E-state index is -0.140. The van der Waals surface area contributed by atoms with E-state index in [4.69, 9.17) is 4.74 Å². The van der Waals surface area contributed by atoms with Crippen LogP contribution in [0.2, 0.25) is 0 Å². The van der Waals surface area contributed by atoms with Gasteiger partial charge in [0.15, 0.2) is 5.13 Å². The first kappa shape index (κ1) is 12.4. The fraction of sp³-hybridized carbons (Fsp3) is 0.667. The number of hydrogen-bond acceptors (Lipinski definition) is 5. The van der Waals surface area contributed by atoms with Crippen LogP contribution in [0.15, 0.2) is 0 Å². The molecule has 17 heavy (non-hydrogen) atoms. The molecular weight excluding hydrogens is 236 g/mol. The van der Waals surface area contributed by atoms with Gasteiger partial charge >= 0.3 is 5.97 Å². The van der Waals surface area contributed by atoms with Crippen LogP contribution < -0.4 is 5.32 Å². The SMILES string of the molecule is CCCNc1nc2c(s1)CCC2C(=O)OCC. The summed E-state index contributed by atoms with van der Waals surface area (Å²) in [7, 11) is 0. The van der Waals surface area contributed by atoms with E-state index in [0.717, 1.165) is 36.6 Å². The molecule has 5 heteroatoms. The monoisotopic (exact) mass is 254 g/mol. The Labute approximate surface area is 105 Å². The standard InChI is InChI=1S/C12H18N2O2S/c1-3-7-13-12-14-10-8(11(15)16-4-2)5-6-9(10)17-12/h8H,3-7H2,1-2H3,(H,13,14). The first-order chi connectivity index (χ1) is 8.26. The van der Waals surface area contributed by atoms with Crippen molar-refractivity contribution in [2.24, 2.45) is 0 Å². The van der Waals surface area contributed by atoms with E-state index in [1.165, 1.54) is 4.88 Å². The zero-order chi connectivity index (χ0) is 12.3. The maximum absolute atomic E-state index is 11.8. The lowest BCUT2D eigenvalue weighted by Crippen LogP contribution is -2.14. The summed E-state index contributed by atoms with van der Waals surface area (Å²) in [6.07, 6.45) is 2.87. The summed E-state index contributed by atoms with van der Waals surface area (Å²) in [4.78, 5) is 17.5. The second kappa shape index (κ2) is 5.49. The van der Waals surface area contributed by atoms with E-state index < -0.39 is 0 Å². The summed E-state index contributed by atoms with van der Waals surface area (Å²) in [5.74, 6) is -0.267. The van der Waals surface area contributed by atoms with Gasteiger partial charge in [-0.1, -0.05) is 6.92 Å². The Morgan fingerprint density at radius 3 is 3.12 bits per heavy atom. The molecule has 0 fully saturated rings. The highest BCUT2D eigenvalue weighted by Crippen LogP contribution is 2.38. The van der Waals surface area contributed by atoms with E-state index in [-0.39, 0.29) is 11.9 Å². The van der Waals surface area contributed by atoms with E-state index >= 15 is 0 Å². The van der Waals surface area contributed by atoms with Crippen molar-refractivity contribution >= 4 is 22.4 Å². The molecule has 1 heterocycles. The fourth-order valence-electron chi connectivity index (χ4n) is 2.01. The maximum Gasteiger partial charge on any atom is 0.315 e. The molecule has 1 aromatic heterocycles. The molecule has 0 saturated carbocycles. The van der Waals surface area contributed by atoms with Gasteiger partial charge in [-0.2, -0.15) is 0 Å².